The molecule has 7 heteroatoms. The second kappa shape index (κ2) is 7.59. The number of nitrogens with zero attached hydrogens (tertiary/aromatic N) is 1. The maximum atomic E-state index is 12.5. The summed E-state index contributed by atoms with van der Waals surface area (Å²) in [4.78, 5) is 41.3. The number of benzene rings is 1. The number of H-pyrrole nitrogens is 1. The Bertz CT molecular complexity index is 827. The number of aromatic nitrogens is 1. The van der Waals surface area contributed by atoms with Gasteiger partial charge in [-0.1, -0.05) is 18.2 Å². The van der Waals surface area contributed by atoms with E-state index in [4.69, 9.17) is 0 Å². The molecule has 0 aliphatic carbocycles. The van der Waals surface area contributed by atoms with Crippen molar-refractivity contribution in [2.45, 2.75) is 45.3 Å². The molecular formula is C19H24N4O3. The van der Waals surface area contributed by atoms with Gasteiger partial charge in [0.1, 0.15) is 6.04 Å². The van der Waals surface area contributed by atoms with E-state index in [0.29, 0.717) is 19.4 Å². The van der Waals surface area contributed by atoms with Crippen LogP contribution in [0.1, 0.15) is 32.3 Å². The normalized spacial score (nSPS) is 17.1. The Morgan fingerprint density at radius 3 is 2.85 bits per heavy atom. The number of amides is 3. The molecule has 1 atom stereocenters. The molecule has 3 amide bonds. The third-order valence-corrected chi connectivity index (χ3v) is 4.52. The SMILES string of the molecule is CC(C)NC(=O)CNC(=O)C1CCC(=O)N1Cc1c[nH]c2ccccc12. The largest absolute Gasteiger partial charge is 0.361 e. The number of fused-ring (bicyclic) bond motifs is 1. The van der Waals surface area contributed by atoms with Crippen LogP contribution < -0.4 is 10.6 Å². The number of carbonyl (C=O) groups is 3. The zero-order chi connectivity index (χ0) is 18.7. The van der Waals surface area contributed by atoms with Gasteiger partial charge >= 0.3 is 0 Å². The van der Waals surface area contributed by atoms with Crippen molar-refractivity contribution in [2.24, 2.45) is 0 Å². The van der Waals surface area contributed by atoms with Gasteiger partial charge in [-0.25, -0.2) is 0 Å². The van der Waals surface area contributed by atoms with Gasteiger partial charge in [-0.3, -0.25) is 14.4 Å². The monoisotopic (exact) mass is 356 g/mol. The molecule has 0 spiro atoms. The Morgan fingerprint density at radius 2 is 2.08 bits per heavy atom. The van der Waals surface area contributed by atoms with Gasteiger partial charge < -0.3 is 20.5 Å². The highest BCUT2D eigenvalue weighted by atomic mass is 16.2. The van der Waals surface area contributed by atoms with E-state index in [1.165, 1.54) is 0 Å². The molecule has 1 unspecified atom stereocenters. The lowest BCUT2D eigenvalue weighted by Gasteiger charge is -2.24. The van der Waals surface area contributed by atoms with Crippen molar-refractivity contribution in [1.29, 1.82) is 0 Å². The molecule has 1 aliphatic heterocycles. The molecule has 2 aromatic rings. The molecule has 3 N–H and O–H groups in total. The highest BCUT2D eigenvalue weighted by Gasteiger charge is 2.36. The van der Waals surface area contributed by atoms with Crippen LogP contribution in [0.2, 0.25) is 0 Å². The van der Waals surface area contributed by atoms with Crippen LogP contribution in [-0.2, 0) is 20.9 Å². The molecule has 7 nitrogen and oxygen atoms in total. The first-order valence-corrected chi connectivity index (χ1v) is 8.87. The van der Waals surface area contributed by atoms with E-state index in [1.54, 1.807) is 4.90 Å². The number of hydrogen-bond donors (Lipinski definition) is 3. The molecule has 2 heterocycles. The fourth-order valence-corrected chi connectivity index (χ4v) is 3.31. The van der Waals surface area contributed by atoms with Gasteiger partial charge in [-0.05, 0) is 31.9 Å². The predicted molar refractivity (Wildman–Crippen MR) is 98.2 cm³/mol. The molecule has 1 fully saturated rings. The van der Waals surface area contributed by atoms with Crippen molar-refractivity contribution in [3.8, 4) is 0 Å². The Balaban J connectivity index is 1.67. The van der Waals surface area contributed by atoms with Gasteiger partial charge in [-0.2, -0.15) is 0 Å². The van der Waals surface area contributed by atoms with E-state index in [1.807, 2.05) is 44.3 Å². The van der Waals surface area contributed by atoms with E-state index < -0.39 is 6.04 Å². The van der Waals surface area contributed by atoms with Gasteiger partial charge in [0.05, 0.1) is 6.54 Å². The molecule has 3 rings (SSSR count). The minimum atomic E-state index is -0.539. The van der Waals surface area contributed by atoms with Crippen LogP contribution in [0.4, 0.5) is 0 Å². The number of para-hydroxylation sites is 1. The third-order valence-electron chi connectivity index (χ3n) is 4.52. The van der Waals surface area contributed by atoms with E-state index >= 15 is 0 Å². The average Bonchev–Trinajstić information content (AvgIpc) is 3.17. The van der Waals surface area contributed by atoms with Crippen LogP contribution >= 0.6 is 0 Å². The summed E-state index contributed by atoms with van der Waals surface area (Å²) in [5, 5.41) is 6.42. The lowest BCUT2D eigenvalue weighted by atomic mass is 10.1. The number of likely N-dealkylation sites (tertiary alicyclic amines) is 1. The summed E-state index contributed by atoms with van der Waals surface area (Å²) < 4.78 is 0. The van der Waals surface area contributed by atoms with Crippen molar-refractivity contribution in [1.82, 2.24) is 20.5 Å². The van der Waals surface area contributed by atoms with Crippen LogP contribution in [0, 0.1) is 0 Å². The summed E-state index contributed by atoms with van der Waals surface area (Å²) in [7, 11) is 0. The summed E-state index contributed by atoms with van der Waals surface area (Å²) >= 11 is 0. The molecule has 1 aromatic heterocycles. The molecule has 1 aliphatic rings. The molecule has 1 aromatic carbocycles. The minimum absolute atomic E-state index is 0.0193. The molecule has 26 heavy (non-hydrogen) atoms. The Hall–Kier alpha value is -2.83. The van der Waals surface area contributed by atoms with Gasteiger partial charge in [-0.15, -0.1) is 0 Å². The van der Waals surface area contributed by atoms with E-state index in [9.17, 15) is 14.4 Å². The lowest BCUT2D eigenvalue weighted by Crippen LogP contribution is -2.47. The first kappa shape index (κ1) is 18.0. The van der Waals surface area contributed by atoms with Crippen molar-refractivity contribution in [3.05, 3.63) is 36.0 Å². The van der Waals surface area contributed by atoms with Crippen LogP contribution in [-0.4, -0.2) is 46.2 Å². The standard InChI is InChI=1S/C19H24N4O3/c1-12(2)22-17(24)10-21-19(26)16-7-8-18(25)23(16)11-13-9-20-15-6-4-3-5-14(13)15/h3-6,9,12,16,20H,7-8,10-11H2,1-2H3,(H,21,26)(H,22,24). The molecule has 0 radical (unpaired) electrons. The lowest BCUT2D eigenvalue weighted by molar-refractivity contribution is -0.136. The number of nitrogens with one attached hydrogen (secondary N) is 3. The van der Waals surface area contributed by atoms with Gasteiger partial charge in [0, 0.05) is 36.1 Å². The first-order valence-electron chi connectivity index (χ1n) is 8.87. The van der Waals surface area contributed by atoms with Crippen LogP contribution in [0.25, 0.3) is 10.9 Å². The smallest absolute Gasteiger partial charge is 0.243 e. The topological polar surface area (TPSA) is 94.3 Å². The van der Waals surface area contributed by atoms with Crippen molar-refractivity contribution in [3.63, 3.8) is 0 Å². The van der Waals surface area contributed by atoms with Gasteiger partial charge in [0.25, 0.3) is 0 Å². The summed E-state index contributed by atoms with van der Waals surface area (Å²) in [6, 6.07) is 7.34. The molecule has 1 saturated heterocycles. The van der Waals surface area contributed by atoms with Crippen LogP contribution in [0.5, 0.6) is 0 Å². The highest BCUT2D eigenvalue weighted by molar-refractivity contribution is 5.93. The first-order chi connectivity index (χ1) is 12.5. The molecule has 138 valence electrons. The second-order valence-electron chi connectivity index (χ2n) is 6.88. The number of hydrogen-bond acceptors (Lipinski definition) is 3. The van der Waals surface area contributed by atoms with Crippen molar-refractivity contribution >= 4 is 28.6 Å². The zero-order valence-corrected chi connectivity index (χ0v) is 15.0. The molecule has 0 saturated carbocycles. The minimum Gasteiger partial charge on any atom is -0.361 e. The number of rotatable bonds is 6. The van der Waals surface area contributed by atoms with E-state index in [2.05, 4.69) is 15.6 Å². The van der Waals surface area contributed by atoms with Gasteiger partial charge in [0.15, 0.2) is 0 Å². The van der Waals surface area contributed by atoms with E-state index in [0.717, 1.165) is 16.5 Å². The van der Waals surface area contributed by atoms with Crippen LogP contribution in [0.15, 0.2) is 30.5 Å². The maximum absolute atomic E-state index is 12.5. The Labute approximate surface area is 152 Å². The second-order valence-corrected chi connectivity index (χ2v) is 6.88. The number of carbonyl (C=O) groups excluding carboxylic acids is 3. The Morgan fingerprint density at radius 1 is 1.31 bits per heavy atom. The summed E-state index contributed by atoms with van der Waals surface area (Å²) in [6.45, 7) is 4.01. The molecular weight excluding hydrogens is 332 g/mol. The van der Waals surface area contributed by atoms with Crippen molar-refractivity contribution < 1.29 is 14.4 Å². The van der Waals surface area contributed by atoms with Gasteiger partial charge in [0.2, 0.25) is 17.7 Å². The summed E-state index contributed by atoms with van der Waals surface area (Å²) in [5.74, 6) is -0.558. The Kier molecular flexibility index (Phi) is 5.25. The van der Waals surface area contributed by atoms with Crippen LogP contribution in [0.3, 0.4) is 0 Å². The van der Waals surface area contributed by atoms with E-state index in [-0.39, 0.29) is 30.3 Å². The highest BCUT2D eigenvalue weighted by Crippen LogP contribution is 2.25. The zero-order valence-electron chi connectivity index (χ0n) is 15.0. The molecule has 0 bridgehead atoms. The summed E-state index contributed by atoms with van der Waals surface area (Å²) in [5.41, 5.74) is 1.98. The number of aromatic amines is 1. The maximum Gasteiger partial charge on any atom is 0.243 e. The summed E-state index contributed by atoms with van der Waals surface area (Å²) in [6.07, 6.45) is 2.69. The van der Waals surface area contributed by atoms with Crippen molar-refractivity contribution in [2.75, 3.05) is 6.54 Å². The fourth-order valence-electron chi connectivity index (χ4n) is 3.31. The average molecular weight is 356 g/mol. The quantitative estimate of drug-likeness (QED) is 0.728. The third kappa shape index (κ3) is 3.87. The predicted octanol–water partition coefficient (Wildman–Crippen LogP) is 1.30. The fraction of sp³-hybridized carbons (Fsp3) is 0.421.